The highest BCUT2D eigenvalue weighted by Crippen LogP contribution is 2.29. The number of carbonyl (C=O) groups is 3. The number of nitrogens with zero attached hydrogens (tertiary/aromatic N) is 2. The third kappa shape index (κ3) is 4.05. The van der Waals surface area contributed by atoms with E-state index >= 15 is 0 Å². The van der Waals surface area contributed by atoms with Crippen molar-refractivity contribution < 1.29 is 24.0 Å². The van der Waals surface area contributed by atoms with E-state index in [1.165, 1.54) is 23.1 Å². The quantitative estimate of drug-likeness (QED) is 0.533. The maximum absolute atomic E-state index is 13.1. The molecule has 0 radical (unpaired) electrons. The maximum atomic E-state index is 13.1. The van der Waals surface area contributed by atoms with Crippen molar-refractivity contribution in [1.82, 2.24) is 15.5 Å². The molecule has 2 heterocycles. The number of hydrogen-bond donors (Lipinski definition) is 2. The third-order valence-electron chi connectivity index (χ3n) is 4.85. The van der Waals surface area contributed by atoms with E-state index in [1.54, 1.807) is 6.92 Å². The molecule has 28 heavy (non-hydrogen) atoms. The van der Waals surface area contributed by atoms with Crippen molar-refractivity contribution in [1.29, 1.82) is 0 Å². The highest BCUT2D eigenvalue weighted by Gasteiger charge is 2.37. The van der Waals surface area contributed by atoms with E-state index < -0.39 is 28.8 Å². The van der Waals surface area contributed by atoms with Crippen molar-refractivity contribution in [3.63, 3.8) is 0 Å². The summed E-state index contributed by atoms with van der Waals surface area (Å²) < 4.78 is 5.65. The minimum atomic E-state index is -0.738. The van der Waals surface area contributed by atoms with Crippen LogP contribution in [0.1, 0.15) is 36.5 Å². The van der Waals surface area contributed by atoms with Crippen molar-refractivity contribution >= 4 is 23.4 Å². The number of nitro groups is 1. The summed E-state index contributed by atoms with van der Waals surface area (Å²) in [4.78, 5) is 49.8. The molecule has 150 valence electrons. The van der Waals surface area contributed by atoms with Gasteiger partial charge in [-0.1, -0.05) is 0 Å². The molecule has 0 unspecified atom stereocenters. The summed E-state index contributed by atoms with van der Waals surface area (Å²) >= 11 is 0. The van der Waals surface area contributed by atoms with Crippen molar-refractivity contribution in [3.8, 4) is 5.75 Å². The summed E-state index contributed by atoms with van der Waals surface area (Å²) in [5.41, 5.74) is -0.166. The van der Waals surface area contributed by atoms with Crippen molar-refractivity contribution in [2.75, 3.05) is 19.7 Å². The second-order valence-corrected chi connectivity index (χ2v) is 6.82. The lowest BCUT2D eigenvalue weighted by Crippen LogP contribution is -2.52. The monoisotopic (exact) mass is 390 g/mol. The van der Waals surface area contributed by atoms with E-state index in [9.17, 15) is 24.5 Å². The molecule has 10 heteroatoms. The second kappa shape index (κ2) is 8.24. The van der Waals surface area contributed by atoms with E-state index in [0.29, 0.717) is 32.4 Å². The minimum absolute atomic E-state index is 0.0584. The van der Waals surface area contributed by atoms with E-state index in [0.717, 1.165) is 0 Å². The Hall–Kier alpha value is -3.17. The largest absolute Gasteiger partial charge is 0.493 e. The minimum Gasteiger partial charge on any atom is -0.493 e. The van der Waals surface area contributed by atoms with E-state index in [4.69, 9.17) is 4.74 Å². The van der Waals surface area contributed by atoms with Crippen molar-refractivity contribution in [2.24, 2.45) is 0 Å². The standard InChI is InChI=1S/C18H22N4O6/c1-11-16(23)19-7-3-9-28-15-6-5-12(22(26)27)10-13(15)18(25)21-8-2-4-14(21)17(24)20-11/h5-6,10-11,14H,2-4,7-9H2,1H3,(H,19,23)(H,20,24)/t11-,14-/m0/s1. The summed E-state index contributed by atoms with van der Waals surface area (Å²) in [7, 11) is 0. The number of rotatable bonds is 1. The first kappa shape index (κ1) is 19.6. The molecule has 1 fully saturated rings. The Balaban J connectivity index is 1.97. The molecule has 2 atom stereocenters. The molecular formula is C18H22N4O6. The zero-order chi connectivity index (χ0) is 20.3. The van der Waals surface area contributed by atoms with Gasteiger partial charge in [-0.2, -0.15) is 0 Å². The van der Waals surface area contributed by atoms with Gasteiger partial charge in [0.25, 0.3) is 11.6 Å². The summed E-state index contributed by atoms with van der Waals surface area (Å²) in [6, 6.07) is 2.37. The summed E-state index contributed by atoms with van der Waals surface area (Å²) in [6.07, 6.45) is 1.55. The van der Waals surface area contributed by atoms with Crippen LogP contribution in [0.4, 0.5) is 5.69 Å². The average Bonchev–Trinajstić information content (AvgIpc) is 3.16. The Kier molecular flexibility index (Phi) is 5.76. The Morgan fingerprint density at radius 3 is 2.75 bits per heavy atom. The topological polar surface area (TPSA) is 131 Å². The van der Waals surface area contributed by atoms with Gasteiger partial charge >= 0.3 is 0 Å². The highest BCUT2D eigenvalue weighted by molar-refractivity contribution is 6.01. The Labute approximate surface area is 161 Å². The van der Waals surface area contributed by atoms with Crippen LogP contribution in [0.2, 0.25) is 0 Å². The Bertz CT molecular complexity index is 811. The van der Waals surface area contributed by atoms with Gasteiger partial charge in [0, 0.05) is 25.2 Å². The van der Waals surface area contributed by atoms with Crippen LogP contribution >= 0.6 is 0 Å². The number of nitrogens with one attached hydrogen (secondary N) is 2. The van der Waals surface area contributed by atoms with Gasteiger partial charge in [0.1, 0.15) is 17.8 Å². The maximum Gasteiger partial charge on any atom is 0.270 e. The fraction of sp³-hybridized carbons (Fsp3) is 0.500. The van der Waals surface area contributed by atoms with Crippen LogP contribution in [-0.4, -0.2) is 59.3 Å². The molecule has 3 amide bonds. The third-order valence-corrected chi connectivity index (χ3v) is 4.85. The van der Waals surface area contributed by atoms with Crippen LogP contribution in [0.5, 0.6) is 5.75 Å². The molecule has 1 saturated heterocycles. The van der Waals surface area contributed by atoms with Crippen LogP contribution in [0.25, 0.3) is 0 Å². The molecule has 0 aliphatic carbocycles. The number of benzene rings is 1. The van der Waals surface area contributed by atoms with Gasteiger partial charge in [-0.05, 0) is 32.3 Å². The molecule has 2 aliphatic heterocycles. The van der Waals surface area contributed by atoms with Gasteiger partial charge in [0.2, 0.25) is 11.8 Å². The zero-order valence-corrected chi connectivity index (χ0v) is 15.5. The molecule has 1 aromatic rings. The Morgan fingerprint density at radius 1 is 1.21 bits per heavy atom. The van der Waals surface area contributed by atoms with Gasteiger partial charge in [0.05, 0.1) is 17.1 Å². The van der Waals surface area contributed by atoms with Crippen LogP contribution in [0.15, 0.2) is 18.2 Å². The first-order valence-electron chi connectivity index (χ1n) is 9.19. The molecule has 0 bridgehead atoms. The van der Waals surface area contributed by atoms with Gasteiger partial charge in [-0.3, -0.25) is 24.5 Å². The number of fused-ring (bicyclic) bond motifs is 2. The normalized spacial score (nSPS) is 23.6. The van der Waals surface area contributed by atoms with Crippen molar-refractivity contribution in [2.45, 2.75) is 38.3 Å². The van der Waals surface area contributed by atoms with E-state index in [1.807, 2.05) is 0 Å². The molecule has 0 spiro atoms. The number of amides is 3. The molecular weight excluding hydrogens is 368 g/mol. The first-order chi connectivity index (χ1) is 13.4. The number of nitro benzene ring substituents is 1. The summed E-state index contributed by atoms with van der Waals surface area (Å²) in [5, 5.41) is 16.5. The molecule has 2 N–H and O–H groups in total. The smallest absolute Gasteiger partial charge is 0.270 e. The highest BCUT2D eigenvalue weighted by atomic mass is 16.6. The predicted octanol–water partition coefficient (Wildman–Crippen LogP) is 0.603. The predicted molar refractivity (Wildman–Crippen MR) is 97.9 cm³/mol. The number of hydrogen-bond acceptors (Lipinski definition) is 6. The van der Waals surface area contributed by atoms with Crippen molar-refractivity contribution in [3.05, 3.63) is 33.9 Å². The van der Waals surface area contributed by atoms with Crippen LogP contribution in [0, 0.1) is 10.1 Å². The van der Waals surface area contributed by atoms with Crippen LogP contribution in [0.3, 0.4) is 0 Å². The average molecular weight is 390 g/mol. The second-order valence-electron chi connectivity index (χ2n) is 6.82. The van der Waals surface area contributed by atoms with Gasteiger partial charge in [-0.15, -0.1) is 0 Å². The first-order valence-corrected chi connectivity index (χ1v) is 9.19. The summed E-state index contributed by atoms with van der Waals surface area (Å²) in [5.74, 6) is -1.00. The fourth-order valence-corrected chi connectivity index (χ4v) is 3.36. The van der Waals surface area contributed by atoms with Gasteiger partial charge in [0.15, 0.2) is 0 Å². The SMILES string of the molecule is C[C@@H]1NC(=O)[C@@H]2CCCN2C(=O)c2cc([N+](=O)[O-])ccc2OCCCNC1=O. The van der Waals surface area contributed by atoms with E-state index in [-0.39, 0.29) is 29.5 Å². The summed E-state index contributed by atoms with van der Waals surface area (Å²) in [6.45, 7) is 2.49. The fourth-order valence-electron chi connectivity index (χ4n) is 3.36. The molecule has 1 aromatic carbocycles. The molecule has 0 saturated carbocycles. The van der Waals surface area contributed by atoms with Gasteiger partial charge in [-0.25, -0.2) is 0 Å². The lowest BCUT2D eigenvalue weighted by molar-refractivity contribution is -0.384. The van der Waals surface area contributed by atoms with Crippen LogP contribution < -0.4 is 15.4 Å². The molecule has 10 nitrogen and oxygen atoms in total. The number of non-ortho nitro benzene ring substituents is 1. The lowest BCUT2D eigenvalue weighted by atomic mass is 10.1. The van der Waals surface area contributed by atoms with E-state index in [2.05, 4.69) is 10.6 Å². The van der Waals surface area contributed by atoms with Crippen LogP contribution in [-0.2, 0) is 9.59 Å². The number of ether oxygens (including phenoxy) is 1. The van der Waals surface area contributed by atoms with Gasteiger partial charge < -0.3 is 20.3 Å². The molecule has 3 rings (SSSR count). The molecule has 0 aromatic heterocycles. The zero-order valence-electron chi connectivity index (χ0n) is 15.5. The lowest BCUT2D eigenvalue weighted by Gasteiger charge is -2.26. The Morgan fingerprint density at radius 2 is 2.00 bits per heavy atom. The molecule has 2 aliphatic rings. The number of carbonyl (C=O) groups excluding carboxylic acids is 3.